The fraction of sp³-hybridized carbons (Fsp3) is 0.0769. The van der Waals surface area contributed by atoms with Crippen LogP contribution in [0.1, 0.15) is 15.9 Å². The Morgan fingerprint density at radius 1 is 1.24 bits per heavy atom. The quantitative estimate of drug-likeness (QED) is 0.605. The highest BCUT2D eigenvalue weighted by Gasteiger charge is 2.15. The molecule has 21 heavy (non-hydrogen) atoms. The van der Waals surface area contributed by atoms with E-state index in [-0.39, 0.29) is 11.3 Å². The Bertz CT molecular complexity index is 735. The maximum atomic E-state index is 12.2. The number of aromatic nitrogens is 1. The second-order valence-electron chi connectivity index (χ2n) is 4.23. The Morgan fingerprint density at radius 2 is 1.95 bits per heavy atom. The van der Waals surface area contributed by atoms with Crippen LogP contribution >= 0.6 is 31.9 Å². The van der Waals surface area contributed by atoms with Crippen LogP contribution in [0.2, 0.25) is 0 Å². The number of hydrogen-bond acceptors (Lipinski definition) is 4. The summed E-state index contributed by atoms with van der Waals surface area (Å²) in [5, 5.41) is 13.4. The van der Waals surface area contributed by atoms with Crippen LogP contribution < -0.4 is 5.32 Å². The third-order valence-electron chi connectivity index (χ3n) is 2.63. The summed E-state index contributed by atoms with van der Waals surface area (Å²) in [6.07, 6.45) is 1.56. The fourth-order valence-corrected chi connectivity index (χ4v) is 2.59. The van der Waals surface area contributed by atoms with Crippen LogP contribution in [-0.4, -0.2) is 15.8 Å². The Balaban J connectivity index is 2.30. The number of nitrogens with one attached hydrogen (secondary N) is 1. The zero-order chi connectivity index (χ0) is 15.6. The second-order valence-corrected chi connectivity index (χ2v) is 6.06. The van der Waals surface area contributed by atoms with Gasteiger partial charge in [0.2, 0.25) is 0 Å². The molecule has 0 bridgehead atoms. The van der Waals surface area contributed by atoms with Crippen molar-refractivity contribution in [2.45, 2.75) is 6.92 Å². The summed E-state index contributed by atoms with van der Waals surface area (Å²) in [5.74, 6) is -0.0526. The third-order valence-corrected chi connectivity index (χ3v) is 3.52. The Hall–Kier alpha value is -1.80. The van der Waals surface area contributed by atoms with E-state index in [4.69, 9.17) is 0 Å². The highest BCUT2D eigenvalue weighted by Crippen LogP contribution is 2.23. The molecule has 108 valence electrons. The lowest BCUT2D eigenvalue weighted by Gasteiger charge is -2.08. The van der Waals surface area contributed by atoms with E-state index >= 15 is 0 Å². The number of non-ortho nitro benzene ring substituents is 1. The zero-order valence-corrected chi connectivity index (χ0v) is 13.9. The molecule has 0 saturated heterocycles. The van der Waals surface area contributed by atoms with Crippen molar-refractivity contribution >= 4 is 49.3 Å². The van der Waals surface area contributed by atoms with Crippen LogP contribution in [0.5, 0.6) is 0 Å². The van der Waals surface area contributed by atoms with E-state index in [2.05, 4.69) is 42.2 Å². The Labute approximate surface area is 137 Å². The average Bonchev–Trinajstić information content (AvgIpc) is 2.41. The smallest absolute Gasteiger partial charge is 0.271 e. The summed E-state index contributed by atoms with van der Waals surface area (Å²) in [5.41, 5.74) is 0.803. The predicted molar refractivity (Wildman–Crippen MR) is 85.4 cm³/mol. The van der Waals surface area contributed by atoms with E-state index in [9.17, 15) is 14.9 Å². The molecule has 0 aliphatic carbocycles. The molecule has 2 aromatic rings. The number of nitrogens with zero attached hydrogens (tertiary/aromatic N) is 2. The van der Waals surface area contributed by atoms with Gasteiger partial charge in [0.05, 0.1) is 4.92 Å². The summed E-state index contributed by atoms with van der Waals surface area (Å²) in [4.78, 5) is 26.5. The van der Waals surface area contributed by atoms with Crippen LogP contribution in [-0.2, 0) is 0 Å². The van der Waals surface area contributed by atoms with Crippen molar-refractivity contribution in [3.05, 3.63) is 60.6 Å². The number of carbonyl (C=O) groups excluding carboxylic acids is 1. The maximum Gasteiger partial charge on any atom is 0.271 e. The van der Waals surface area contributed by atoms with Crippen LogP contribution in [0.3, 0.4) is 0 Å². The van der Waals surface area contributed by atoms with Crippen LogP contribution in [0, 0.1) is 17.0 Å². The number of aryl methyl sites for hydroxylation is 1. The molecule has 0 aliphatic rings. The summed E-state index contributed by atoms with van der Waals surface area (Å²) >= 11 is 6.44. The second kappa shape index (κ2) is 6.31. The normalized spacial score (nSPS) is 10.2. The lowest BCUT2D eigenvalue weighted by molar-refractivity contribution is -0.384. The van der Waals surface area contributed by atoms with Gasteiger partial charge in [-0.15, -0.1) is 0 Å². The van der Waals surface area contributed by atoms with Gasteiger partial charge in [-0.1, -0.05) is 15.9 Å². The highest BCUT2D eigenvalue weighted by atomic mass is 79.9. The molecule has 0 aliphatic heterocycles. The highest BCUT2D eigenvalue weighted by molar-refractivity contribution is 9.10. The number of carbonyl (C=O) groups is 1. The van der Waals surface area contributed by atoms with Gasteiger partial charge in [0.25, 0.3) is 11.6 Å². The zero-order valence-electron chi connectivity index (χ0n) is 10.8. The summed E-state index contributed by atoms with van der Waals surface area (Å²) in [6.45, 7) is 1.80. The van der Waals surface area contributed by atoms with Crippen LogP contribution in [0.4, 0.5) is 11.5 Å². The van der Waals surface area contributed by atoms with Gasteiger partial charge < -0.3 is 5.32 Å². The van der Waals surface area contributed by atoms with Crippen LogP contribution in [0.15, 0.2) is 39.4 Å². The van der Waals surface area contributed by atoms with Crippen molar-refractivity contribution in [1.82, 2.24) is 4.98 Å². The number of halogens is 2. The van der Waals surface area contributed by atoms with Crippen molar-refractivity contribution in [3.8, 4) is 0 Å². The molecule has 1 aromatic carbocycles. The first kappa shape index (κ1) is 15.6. The molecular formula is C13H9Br2N3O3. The molecule has 1 aromatic heterocycles. The number of hydrogen-bond donors (Lipinski definition) is 1. The number of pyridine rings is 1. The van der Waals surface area contributed by atoms with Gasteiger partial charge in [-0.2, -0.15) is 0 Å². The Kier molecular flexibility index (Phi) is 4.69. The minimum atomic E-state index is -0.551. The lowest BCUT2D eigenvalue weighted by Crippen LogP contribution is -2.14. The van der Waals surface area contributed by atoms with E-state index < -0.39 is 10.8 Å². The van der Waals surface area contributed by atoms with Gasteiger partial charge in [-0.3, -0.25) is 14.9 Å². The number of rotatable bonds is 3. The van der Waals surface area contributed by atoms with Crippen molar-refractivity contribution in [2.75, 3.05) is 5.32 Å². The predicted octanol–water partition coefficient (Wildman–Crippen LogP) is 4.08. The van der Waals surface area contributed by atoms with Crippen molar-refractivity contribution in [3.63, 3.8) is 0 Å². The fourth-order valence-electron chi connectivity index (χ4n) is 1.66. The number of amides is 1. The van der Waals surface area contributed by atoms with E-state index in [0.29, 0.717) is 10.3 Å². The van der Waals surface area contributed by atoms with E-state index in [1.807, 2.05) is 6.07 Å². The molecule has 0 radical (unpaired) electrons. The van der Waals surface area contributed by atoms with Gasteiger partial charge in [-0.05, 0) is 40.5 Å². The average molecular weight is 415 g/mol. The topological polar surface area (TPSA) is 85.1 Å². The minimum Gasteiger partial charge on any atom is -0.306 e. The molecule has 8 heteroatoms. The van der Waals surface area contributed by atoms with Gasteiger partial charge in [0.15, 0.2) is 0 Å². The monoisotopic (exact) mass is 413 g/mol. The molecule has 1 heterocycles. The molecule has 6 nitrogen and oxygen atoms in total. The largest absolute Gasteiger partial charge is 0.306 e. The van der Waals surface area contributed by atoms with Crippen molar-refractivity contribution in [2.24, 2.45) is 0 Å². The first-order valence-electron chi connectivity index (χ1n) is 5.75. The van der Waals surface area contributed by atoms with Gasteiger partial charge in [0.1, 0.15) is 5.82 Å². The summed E-state index contributed by atoms with van der Waals surface area (Å²) in [7, 11) is 0. The summed E-state index contributed by atoms with van der Waals surface area (Å²) in [6, 6.07) is 5.87. The molecule has 0 spiro atoms. The molecule has 0 fully saturated rings. The number of benzene rings is 1. The number of nitro benzene ring substituents is 1. The molecule has 0 atom stereocenters. The van der Waals surface area contributed by atoms with Gasteiger partial charge >= 0.3 is 0 Å². The first-order chi connectivity index (χ1) is 9.86. The van der Waals surface area contributed by atoms with E-state index in [0.717, 1.165) is 10.0 Å². The molecule has 0 saturated carbocycles. The maximum absolute atomic E-state index is 12.2. The van der Waals surface area contributed by atoms with Crippen molar-refractivity contribution < 1.29 is 9.72 Å². The minimum absolute atomic E-state index is 0.157. The van der Waals surface area contributed by atoms with E-state index in [1.165, 1.54) is 18.2 Å². The lowest BCUT2D eigenvalue weighted by atomic mass is 10.2. The molecule has 0 unspecified atom stereocenters. The molecule has 1 amide bonds. The molecule has 2 rings (SSSR count). The Morgan fingerprint density at radius 3 is 2.57 bits per heavy atom. The van der Waals surface area contributed by atoms with E-state index in [1.54, 1.807) is 13.1 Å². The van der Waals surface area contributed by atoms with Gasteiger partial charge in [0, 0.05) is 32.8 Å². The molecule has 1 N–H and O–H groups in total. The third kappa shape index (κ3) is 3.85. The van der Waals surface area contributed by atoms with Gasteiger partial charge in [-0.25, -0.2) is 4.98 Å². The first-order valence-corrected chi connectivity index (χ1v) is 7.34. The summed E-state index contributed by atoms with van der Waals surface area (Å²) < 4.78 is 1.26. The standard InChI is InChI=1S/C13H9Br2N3O3/c1-7-2-10(15)6-16-12(7)17-13(19)8-3-9(14)5-11(4-8)18(20)21/h2-6H,1H3,(H,16,17,19). The number of anilines is 1. The SMILES string of the molecule is Cc1cc(Br)cnc1NC(=O)c1cc(Br)cc([N+](=O)[O-])c1. The molecular weight excluding hydrogens is 406 g/mol. The van der Waals surface area contributed by atoms with Crippen LogP contribution in [0.25, 0.3) is 0 Å². The number of nitro groups is 1. The van der Waals surface area contributed by atoms with Crippen molar-refractivity contribution in [1.29, 1.82) is 0 Å².